The Morgan fingerprint density at radius 1 is 0.464 bits per heavy atom. The van der Waals surface area contributed by atoms with Crippen LogP contribution in [0.25, 0.3) is 28.3 Å². The highest BCUT2D eigenvalue weighted by Gasteiger charge is 1.99. The van der Waals surface area contributed by atoms with Gasteiger partial charge in [0, 0.05) is 0 Å². The van der Waals surface area contributed by atoms with Gasteiger partial charge in [-0.2, -0.15) is 0 Å². The third kappa shape index (κ3) is 5.56. The second-order valence-electron chi connectivity index (χ2n) is 6.72. The van der Waals surface area contributed by atoms with Crippen LogP contribution < -0.4 is 0 Å². The standard InChI is InChI=1S/C19H16.C9H10/c1-15-7-9-17(10-8-15)19-13-11-18(12-14-19)16-5-3-2-4-6-16;1-2-6-9-7-4-3-5-8-9/h2-14H,1H3;2-8H,1H3/b;6-2+. The van der Waals surface area contributed by atoms with Crippen molar-refractivity contribution in [3.8, 4) is 22.3 Å². The summed E-state index contributed by atoms with van der Waals surface area (Å²) in [6, 6.07) is 38.1. The highest BCUT2D eigenvalue weighted by molar-refractivity contribution is 5.70. The predicted molar refractivity (Wildman–Crippen MR) is 123 cm³/mol. The monoisotopic (exact) mass is 362 g/mol. The normalized spacial score (nSPS) is 10.4. The number of aryl methyl sites for hydroxylation is 1. The highest BCUT2D eigenvalue weighted by Crippen LogP contribution is 2.24. The quantitative estimate of drug-likeness (QED) is 0.346. The number of allylic oxidation sites excluding steroid dienone is 1. The average Bonchev–Trinajstić information content (AvgIpc) is 2.77. The molecule has 0 aliphatic heterocycles. The molecule has 0 spiro atoms. The summed E-state index contributed by atoms with van der Waals surface area (Å²) in [6.45, 7) is 4.13. The molecule has 0 saturated heterocycles. The zero-order valence-electron chi connectivity index (χ0n) is 16.5. The Labute approximate surface area is 168 Å². The van der Waals surface area contributed by atoms with E-state index < -0.39 is 0 Å². The first kappa shape index (κ1) is 19.4. The molecular formula is C28H26. The molecule has 4 aromatic rings. The maximum atomic E-state index is 2.19. The summed E-state index contributed by atoms with van der Waals surface area (Å²) in [6.07, 6.45) is 4.12. The molecule has 0 aliphatic rings. The van der Waals surface area contributed by atoms with E-state index in [0.717, 1.165) is 0 Å². The maximum Gasteiger partial charge on any atom is -0.0184 e. The number of benzene rings is 4. The van der Waals surface area contributed by atoms with E-state index in [0.29, 0.717) is 0 Å². The zero-order valence-corrected chi connectivity index (χ0v) is 16.5. The van der Waals surface area contributed by atoms with E-state index in [1.807, 2.05) is 37.3 Å². The average molecular weight is 363 g/mol. The molecule has 0 aromatic heterocycles. The molecule has 0 heteroatoms. The Morgan fingerprint density at radius 2 is 0.857 bits per heavy atom. The molecule has 0 aliphatic carbocycles. The fourth-order valence-electron chi connectivity index (χ4n) is 2.99. The van der Waals surface area contributed by atoms with Crippen LogP contribution in [0.1, 0.15) is 18.1 Å². The fourth-order valence-corrected chi connectivity index (χ4v) is 2.99. The first-order chi connectivity index (χ1) is 13.8. The molecule has 0 fully saturated rings. The van der Waals surface area contributed by atoms with Crippen LogP contribution in [0.3, 0.4) is 0 Å². The van der Waals surface area contributed by atoms with E-state index in [9.17, 15) is 0 Å². The van der Waals surface area contributed by atoms with Crippen molar-refractivity contribution >= 4 is 6.08 Å². The van der Waals surface area contributed by atoms with Crippen LogP contribution in [0, 0.1) is 6.92 Å². The van der Waals surface area contributed by atoms with Gasteiger partial charge < -0.3 is 0 Å². The summed E-state index contributed by atoms with van der Waals surface area (Å²) in [5.74, 6) is 0. The molecule has 0 nitrogen and oxygen atoms in total. The van der Waals surface area contributed by atoms with Gasteiger partial charge >= 0.3 is 0 Å². The van der Waals surface area contributed by atoms with Crippen molar-refractivity contribution in [1.82, 2.24) is 0 Å². The van der Waals surface area contributed by atoms with Gasteiger partial charge in [0.1, 0.15) is 0 Å². The SMILES string of the molecule is C/C=C/c1ccccc1.Cc1ccc(-c2ccc(-c3ccccc3)cc2)cc1. The summed E-state index contributed by atoms with van der Waals surface area (Å²) in [5, 5.41) is 0. The van der Waals surface area contributed by atoms with Crippen LogP contribution in [-0.4, -0.2) is 0 Å². The van der Waals surface area contributed by atoms with Crippen LogP contribution in [0.2, 0.25) is 0 Å². The lowest BCUT2D eigenvalue weighted by molar-refractivity contribution is 1.47. The molecule has 0 N–H and O–H groups in total. The molecule has 0 radical (unpaired) electrons. The zero-order chi connectivity index (χ0) is 19.6. The molecule has 138 valence electrons. The second kappa shape index (κ2) is 10.1. The topological polar surface area (TPSA) is 0 Å². The molecule has 4 aromatic carbocycles. The van der Waals surface area contributed by atoms with Crippen LogP contribution >= 0.6 is 0 Å². The van der Waals surface area contributed by atoms with Gasteiger partial charge in [-0.25, -0.2) is 0 Å². The van der Waals surface area contributed by atoms with Crippen molar-refractivity contribution in [2.75, 3.05) is 0 Å². The van der Waals surface area contributed by atoms with Crippen LogP contribution in [-0.2, 0) is 0 Å². The lowest BCUT2D eigenvalue weighted by atomic mass is 10.00. The van der Waals surface area contributed by atoms with Crippen molar-refractivity contribution in [3.63, 3.8) is 0 Å². The van der Waals surface area contributed by atoms with Gasteiger partial charge in [0.15, 0.2) is 0 Å². The van der Waals surface area contributed by atoms with Gasteiger partial charge in [0.25, 0.3) is 0 Å². The molecule has 28 heavy (non-hydrogen) atoms. The van der Waals surface area contributed by atoms with Crippen LogP contribution in [0.4, 0.5) is 0 Å². The van der Waals surface area contributed by atoms with Gasteiger partial charge in [-0.1, -0.05) is 127 Å². The molecule has 0 heterocycles. The van der Waals surface area contributed by atoms with Crippen molar-refractivity contribution in [1.29, 1.82) is 0 Å². The van der Waals surface area contributed by atoms with E-state index in [1.165, 1.54) is 33.4 Å². The largest absolute Gasteiger partial charge is 0.0871 e. The van der Waals surface area contributed by atoms with Gasteiger partial charge in [-0.15, -0.1) is 0 Å². The van der Waals surface area contributed by atoms with Crippen LogP contribution in [0.15, 0.2) is 115 Å². The summed E-state index contributed by atoms with van der Waals surface area (Å²) in [5.41, 5.74) is 7.61. The molecule has 4 rings (SSSR count). The highest BCUT2D eigenvalue weighted by atomic mass is 14.0. The lowest BCUT2D eigenvalue weighted by Gasteiger charge is -2.05. The Kier molecular flexibility index (Phi) is 6.98. The Morgan fingerprint density at radius 3 is 1.32 bits per heavy atom. The first-order valence-corrected chi connectivity index (χ1v) is 9.66. The van der Waals surface area contributed by atoms with E-state index in [2.05, 4.69) is 97.9 Å². The van der Waals surface area contributed by atoms with Gasteiger partial charge in [-0.05, 0) is 41.7 Å². The van der Waals surface area contributed by atoms with E-state index in [-0.39, 0.29) is 0 Å². The Balaban J connectivity index is 0.000000211. The molecule has 0 atom stereocenters. The van der Waals surface area contributed by atoms with Gasteiger partial charge in [-0.3, -0.25) is 0 Å². The third-order valence-corrected chi connectivity index (χ3v) is 4.54. The van der Waals surface area contributed by atoms with E-state index in [1.54, 1.807) is 0 Å². The van der Waals surface area contributed by atoms with Crippen molar-refractivity contribution in [2.24, 2.45) is 0 Å². The third-order valence-electron chi connectivity index (χ3n) is 4.54. The lowest BCUT2D eigenvalue weighted by Crippen LogP contribution is -1.80. The summed E-state index contributed by atoms with van der Waals surface area (Å²) >= 11 is 0. The van der Waals surface area contributed by atoms with Gasteiger partial charge in [0.2, 0.25) is 0 Å². The number of hydrogen-bond acceptors (Lipinski definition) is 0. The fraction of sp³-hybridized carbons (Fsp3) is 0.0714. The molecule has 0 bridgehead atoms. The Hall–Kier alpha value is -3.38. The van der Waals surface area contributed by atoms with Crippen LogP contribution in [0.5, 0.6) is 0 Å². The summed E-state index contributed by atoms with van der Waals surface area (Å²) in [7, 11) is 0. The van der Waals surface area contributed by atoms with Gasteiger partial charge in [0.05, 0.1) is 0 Å². The second-order valence-corrected chi connectivity index (χ2v) is 6.72. The summed E-state index contributed by atoms with van der Waals surface area (Å²) < 4.78 is 0. The number of rotatable bonds is 3. The molecule has 0 amide bonds. The van der Waals surface area contributed by atoms with E-state index >= 15 is 0 Å². The predicted octanol–water partition coefficient (Wildman–Crippen LogP) is 8.05. The minimum Gasteiger partial charge on any atom is -0.0871 e. The molecule has 0 saturated carbocycles. The maximum absolute atomic E-state index is 2.19. The van der Waals surface area contributed by atoms with Crippen molar-refractivity contribution < 1.29 is 0 Å². The van der Waals surface area contributed by atoms with Crippen molar-refractivity contribution in [3.05, 3.63) is 126 Å². The Bertz CT molecular complexity index is 977. The molecule has 0 unspecified atom stereocenters. The minimum atomic E-state index is 1.26. The van der Waals surface area contributed by atoms with Crippen molar-refractivity contribution in [2.45, 2.75) is 13.8 Å². The minimum absolute atomic E-state index is 1.26. The number of hydrogen-bond donors (Lipinski definition) is 0. The first-order valence-electron chi connectivity index (χ1n) is 9.66. The van der Waals surface area contributed by atoms with E-state index in [4.69, 9.17) is 0 Å². The molecular weight excluding hydrogens is 336 g/mol. The summed E-state index contributed by atoms with van der Waals surface area (Å²) in [4.78, 5) is 0. The smallest absolute Gasteiger partial charge is 0.0184 e.